The number of hydrogen-bond donors (Lipinski definition) is 1. The average molecular weight is 383 g/mol. The lowest BCUT2D eigenvalue weighted by Crippen LogP contribution is -2.30. The summed E-state index contributed by atoms with van der Waals surface area (Å²) in [4.78, 5) is 26.2. The molecular formula is C22H25NO5. The summed E-state index contributed by atoms with van der Waals surface area (Å²) < 4.78 is 10.6. The van der Waals surface area contributed by atoms with Gasteiger partial charge in [-0.15, -0.1) is 0 Å². The molecule has 0 saturated carbocycles. The van der Waals surface area contributed by atoms with Crippen LogP contribution in [0.5, 0.6) is 11.5 Å². The third-order valence-corrected chi connectivity index (χ3v) is 5.31. The smallest absolute Gasteiger partial charge is 0.308 e. The van der Waals surface area contributed by atoms with Crippen LogP contribution >= 0.6 is 0 Å². The van der Waals surface area contributed by atoms with E-state index in [9.17, 15) is 14.7 Å². The predicted octanol–water partition coefficient (Wildman–Crippen LogP) is 2.96. The van der Waals surface area contributed by atoms with Gasteiger partial charge in [-0.1, -0.05) is 30.3 Å². The Bertz CT molecular complexity index is 836. The number of aryl methyl sites for hydroxylation is 1. The Hall–Kier alpha value is -3.02. The van der Waals surface area contributed by atoms with Crippen molar-refractivity contribution < 1.29 is 24.2 Å². The van der Waals surface area contributed by atoms with Gasteiger partial charge in [-0.2, -0.15) is 0 Å². The first-order valence-electron chi connectivity index (χ1n) is 9.30. The number of aliphatic carboxylic acids is 1. The summed E-state index contributed by atoms with van der Waals surface area (Å²) in [7, 11) is 3.19. The molecule has 3 rings (SSSR count). The molecule has 28 heavy (non-hydrogen) atoms. The topological polar surface area (TPSA) is 76.1 Å². The second-order valence-corrected chi connectivity index (χ2v) is 6.94. The number of hydrogen-bond acceptors (Lipinski definition) is 4. The minimum Gasteiger partial charge on any atom is -0.497 e. The molecule has 1 N–H and O–H groups in total. The Labute approximate surface area is 164 Å². The highest BCUT2D eigenvalue weighted by atomic mass is 16.5. The van der Waals surface area contributed by atoms with Gasteiger partial charge in [0.05, 0.1) is 20.1 Å². The van der Waals surface area contributed by atoms with Crippen molar-refractivity contribution >= 4 is 11.9 Å². The molecule has 0 bridgehead atoms. The van der Waals surface area contributed by atoms with E-state index in [0.29, 0.717) is 24.5 Å². The van der Waals surface area contributed by atoms with Gasteiger partial charge >= 0.3 is 5.97 Å². The molecule has 1 heterocycles. The molecule has 1 amide bonds. The molecule has 2 aromatic carbocycles. The van der Waals surface area contributed by atoms with Crippen LogP contribution < -0.4 is 9.47 Å². The van der Waals surface area contributed by atoms with Crippen molar-refractivity contribution in [2.45, 2.75) is 18.8 Å². The van der Waals surface area contributed by atoms with E-state index in [1.54, 1.807) is 19.1 Å². The maximum absolute atomic E-state index is 12.8. The number of likely N-dealkylation sites (tertiary alicyclic amines) is 1. The molecule has 1 aliphatic rings. The van der Waals surface area contributed by atoms with Crippen LogP contribution in [0.25, 0.3) is 0 Å². The summed E-state index contributed by atoms with van der Waals surface area (Å²) >= 11 is 0. The minimum atomic E-state index is -0.862. The maximum atomic E-state index is 12.8. The van der Waals surface area contributed by atoms with E-state index >= 15 is 0 Å². The summed E-state index contributed by atoms with van der Waals surface area (Å²) in [5.41, 5.74) is 1.85. The average Bonchev–Trinajstić information content (AvgIpc) is 3.18. The van der Waals surface area contributed by atoms with Crippen LogP contribution in [-0.4, -0.2) is 49.2 Å². The summed E-state index contributed by atoms with van der Waals surface area (Å²) in [6, 6.07) is 15.0. The van der Waals surface area contributed by atoms with Crippen LogP contribution in [0.3, 0.4) is 0 Å². The highest BCUT2D eigenvalue weighted by Crippen LogP contribution is 2.33. The number of nitrogens with zero attached hydrogens (tertiary/aromatic N) is 1. The molecule has 1 saturated heterocycles. The maximum Gasteiger partial charge on any atom is 0.308 e. The Morgan fingerprint density at radius 2 is 1.82 bits per heavy atom. The van der Waals surface area contributed by atoms with Crippen molar-refractivity contribution in [2.75, 3.05) is 27.3 Å². The minimum absolute atomic E-state index is 0.0467. The zero-order chi connectivity index (χ0) is 20.1. The van der Waals surface area contributed by atoms with Crippen LogP contribution in [0.2, 0.25) is 0 Å². The van der Waals surface area contributed by atoms with Gasteiger partial charge in [-0.3, -0.25) is 9.59 Å². The first kappa shape index (κ1) is 19.7. The van der Waals surface area contributed by atoms with Gasteiger partial charge in [0.2, 0.25) is 5.91 Å². The fourth-order valence-corrected chi connectivity index (χ4v) is 3.77. The highest BCUT2D eigenvalue weighted by Gasteiger charge is 2.40. The van der Waals surface area contributed by atoms with E-state index in [1.165, 1.54) is 0 Å². The molecule has 0 aromatic heterocycles. The number of ether oxygens (including phenoxy) is 2. The molecule has 0 unspecified atom stereocenters. The van der Waals surface area contributed by atoms with Crippen LogP contribution in [0, 0.1) is 5.92 Å². The molecule has 0 aliphatic carbocycles. The van der Waals surface area contributed by atoms with Gasteiger partial charge in [0.15, 0.2) is 0 Å². The van der Waals surface area contributed by atoms with Gasteiger partial charge in [-0.25, -0.2) is 0 Å². The van der Waals surface area contributed by atoms with E-state index < -0.39 is 11.9 Å². The van der Waals surface area contributed by atoms with Crippen LogP contribution in [0.15, 0.2) is 48.5 Å². The molecule has 6 nitrogen and oxygen atoms in total. The SMILES string of the molecule is COc1ccc(OC)c(CCC(=O)N2C[C@H](C(=O)O)[C@H](c3ccccc3)C2)c1. The number of carbonyl (C=O) groups excluding carboxylic acids is 1. The number of carboxylic acid groups (broad SMARTS) is 1. The van der Waals surface area contributed by atoms with Crippen molar-refractivity contribution in [3.8, 4) is 11.5 Å². The van der Waals surface area contributed by atoms with E-state index in [1.807, 2.05) is 48.5 Å². The third-order valence-electron chi connectivity index (χ3n) is 5.31. The molecule has 6 heteroatoms. The fraction of sp³-hybridized carbons (Fsp3) is 0.364. The van der Waals surface area contributed by atoms with E-state index in [2.05, 4.69) is 0 Å². The van der Waals surface area contributed by atoms with Gasteiger partial charge in [-0.05, 0) is 35.7 Å². The van der Waals surface area contributed by atoms with E-state index in [0.717, 1.165) is 11.1 Å². The van der Waals surface area contributed by atoms with Crippen molar-refractivity contribution in [2.24, 2.45) is 5.92 Å². The molecule has 148 valence electrons. The molecule has 1 aliphatic heterocycles. The third kappa shape index (κ3) is 4.27. The van der Waals surface area contributed by atoms with Gasteiger partial charge in [0.1, 0.15) is 11.5 Å². The molecule has 0 spiro atoms. The summed E-state index contributed by atoms with van der Waals surface area (Å²) in [6.45, 7) is 0.665. The van der Waals surface area contributed by atoms with Crippen LogP contribution in [0.4, 0.5) is 0 Å². The molecule has 2 atom stereocenters. The Morgan fingerprint density at radius 3 is 2.46 bits per heavy atom. The fourth-order valence-electron chi connectivity index (χ4n) is 3.77. The van der Waals surface area contributed by atoms with Crippen molar-refractivity contribution in [1.29, 1.82) is 0 Å². The van der Waals surface area contributed by atoms with E-state index in [4.69, 9.17) is 9.47 Å². The molecule has 2 aromatic rings. The molecule has 0 radical (unpaired) electrons. The summed E-state index contributed by atoms with van der Waals surface area (Å²) in [6.07, 6.45) is 0.792. The second-order valence-electron chi connectivity index (χ2n) is 6.94. The first-order chi connectivity index (χ1) is 13.5. The Morgan fingerprint density at radius 1 is 1.07 bits per heavy atom. The quantitative estimate of drug-likeness (QED) is 0.796. The van der Waals surface area contributed by atoms with Crippen molar-refractivity contribution in [3.63, 3.8) is 0 Å². The number of carboxylic acids is 1. The number of carbonyl (C=O) groups is 2. The van der Waals surface area contributed by atoms with Gasteiger partial charge in [0.25, 0.3) is 0 Å². The number of amides is 1. The van der Waals surface area contributed by atoms with Gasteiger partial charge in [0, 0.05) is 25.4 Å². The molecular weight excluding hydrogens is 358 g/mol. The zero-order valence-corrected chi connectivity index (χ0v) is 16.1. The van der Waals surface area contributed by atoms with Crippen LogP contribution in [0.1, 0.15) is 23.5 Å². The first-order valence-corrected chi connectivity index (χ1v) is 9.30. The standard InChI is InChI=1S/C22H25NO5/c1-27-17-9-10-20(28-2)16(12-17)8-11-21(24)23-13-18(19(14-23)22(25)26)15-6-4-3-5-7-15/h3-7,9-10,12,18-19H,8,11,13-14H2,1-2H3,(H,25,26)/t18-,19-/m0/s1. The Balaban J connectivity index is 1.69. The monoisotopic (exact) mass is 383 g/mol. The zero-order valence-electron chi connectivity index (χ0n) is 16.1. The largest absolute Gasteiger partial charge is 0.497 e. The highest BCUT2D eigenvalue weighted by molar-refractivity contribution is 5.80. The summed E-state index contributed by atoms with van der Waals surface area (Å²) in [5, 5.41) is 9.61. The normalized spacial score (nSPS) is 18.7. The summed E-state index contributed by atoms with van der Waals surface area (Å²) in [5.74, 6) is -0.264. The van der Waals surface area contributed by atoms with Crippen molar-refractivity contribution in [3.05, 3.63) is 59.7 Å². The predicted molar refractivity (Wildman–Crippen MR) is 105 cm³/mol. The number of methoxy groups -OCH3 is 2. The van der Waals surface area contributed by atoms with E-state index in [-0.39, 0.29) is 24.8 Å². The lowest BCUT2D eigenvalue weighted by molar-refractivity contribution is -0.141. The van der Waals surface area contributed by atoms with Crippen molar-refractivity contribution in [1.82, 2.24) is 4.90 Å². The van der Waals surface area contributed by atoms with Gasteiger partial charge < -0.3 is 19.5 Å². The lowest BCUT2D eigenvalue weighted by Gasteiger charge is -2.17. The van der Waals surface area contributed by atoms with Crippen LogP contribution in [-0.2, 0) is 16.0 Å². The lowest BCUT2D eigenvalue weighted by atomic mass is 9.89. The number of rotatable bonds is 7. The second kappa shape index (κ2) is 8.78. The Kier molecular flexibility index (Phi) is 6.19. The molecule has 1 fully saturated rings. The number of benzene rings is 2.